The highest BCUT2D eigenvalue weighted by atomic mass is 19.1. The Morgan fingerprint density at radius 1 is 1.17 bits per heavy atom. The lowest BCUT2D eigenvalue weighted by molar-refractivity contribution is 0.0839. The van der Waals surface area contributed by atoms with Crippen molar-refractivity contribution >= 4 is 27.5 Å². The van der Waals surface area contributed by atoms with E-state index in [1.807, 2.05) is 25.7 Å². The van der Waals surface area contributed by atoms with E-state index < -0.39 is 11.4 Å². The molecule has 6 nitrogen and oxygen atoms in total. The number of benzene rings is 2. The highest BCUT2D eigenvalue weighted by molar-refractivity contribution is 6.01. The van der Waals surface area contributed by atoms with E-state index in [1.54, 1.807) is 13.0 Å². The third-order valence-electron chi connectivity index (χ3n) is 6.71. The second-order valence-electron chi connectivity index (χ2n) is 9.88. The Bertz CT molecular complexity index is 1470. The molecular formula is C27H28F2N4O2. The van der Waals surface area contributed by atoms with Gasteiger partial charge in [-0.25, -0.2) is 18.7 Å². The molecule has 1 aliphatic rings. The first kappa shape index (κ1) is 23.4. The molecule has 8 heteroatoms. The van der Waals surface area contributed by atoms with Crippen molar-refractivity contribution < 1.29 is 19.0 Å². The maximum Gasteiger partial charge on any atom is 0.175 e. The van der Waals surface area contributed by atoms with E-state index >= 15 is 4.39 Å². The Labute approximate surface area is 202 Å². The molecule has 0 radical (unpaired) electrons. The van der Waals surface area contributed by atoms with Crippen molar-refractivity contribution in [3.63, 3.8) is 0 Å². The minimum atomic E-state index is -0.859. The molecule has 0 saturated carbocycles. The third kappa shape index (κ3) is 3.95. The molecule has 0 aliphatic carbocycles. The van der Waals surface area contributed by atoms with Gasteiger partial charge in [0.2, 0.25) is 0 Å². The van der Waals surface area contributed by atoms with Crippen molar-refractivity contribution in [2.45, 2.75) is 52.1 Å². The fraction of sp³-hybridized carbons (Fsp3) is 0.370. The van der Waals surface area contributed by atoms with Crippen molar-refractivity contribution in [1.29, 1.82) is 0 Å². The first-order valence-electron chi connectivity index (χ1n) is 11.9. The van der Waals surface area contributed by atoms with Crippen LogP contribution in [-0.4, -0.2) is 43.9 Å². The minimum Gasteiger partial charge on any atom is -0.508 e. The second-order valence-corrected chi connectivity index (χ2v) is 9.88. The molecule has 5 rings (SSSR count). The van der Waals surface area contributed by atoms with Crippen LogP contribution in [-0.2, 0) is 6.42 Å². The number of aromatic hydroxyl groups is 1. The molecule has 1 aliphatic heterocycles. The van der Waals surface area contributed by atoms with Crippen LogP contribution in [0.4, 0.5) is 14.6 Å². The summed E-state index contributed by atoms with van der Waals surface area (Å²) in [6, 6.07) is 5.88. The topological polar surface area (TPSA) is 82.4 Å². The number of pyridine rings is 1. The molecule has 0 spiro atoms. The van der Waals surface area contributed by atoms with Gasteiger partial charge >= 0.3 is 0 Å². The van der Waals surface area contributed by atoms with E-state index in [0.717, 1.165) is 0 Å². The van der Waals surface area contributed by atoms with E-state index in [4.69, 9.17) is 4.98 Å². The normalized spacial score (nSPS) is 18.3. The average Bonchev–Trinajstić information content (AvgIpc) is 3.18. The number of anilines is 1. The third-order valence-corrected chi connectivity index (χ3v) is 6.71. The summed E-state index contributed by atoms with van der Waals surface area (Å²) in [5.74, 6) is -0.141. The monoisotopic (exact) mass is 478 g/mol. The van der Waals surface area contributed by atoms with E-state index in [0.29, 0.717) is 64.9 Å². The lowest BCUT2D eigenvalue weighted by atomic mass is 9.94. The highest BCUT2D eigenvalue weighted by Gasteiger charge is 2.34. The number of fused-ring (bicyclic) bond motifs is 2. The van der Waals surface area contributed by atoms with Crippen LogP contribution < -0.4 is 4.90 Å². The van der Waals surface area contributed by atoms with Crippen molar-refractivity contribution in [1.82, 2.24) is 15.0 Å². The quantitative estimate of drug-likeness (QED) is 0.404. The number of phenols is 1. The summed E-state index contributed by atoms with van der Waals surface area (Å²) in [6.45, 7) is 8.42. The number of halogens is 2. The van der Waals surface area contributed by atoms with Gasteiger partial charge in [0, 0.05) is 30.8 Å². The SMILES string of the molecule is CCc1c(F)ccc2cc(O)cc(-c3ncc4c(N5CCC(C)(O)C5)nc(C(C)C)nc4c3F)c12. The van der Waals surface area contributed by atoms with Gasteiger partial charge in [-0.1, -0.05) is 26.8 Å². The molecule has 0 amide bonds. The molecule has 35 heavy (non-hydrogen) atoms. The van der Waals surface area contributed by atoms with E-state index in [9.17, 15) is 14.6 Å². The standard InChI is InChI=1S/C27H28F2N4O2/c1-5-17-20(28)7-6-15-10-16(34)11-18(21(15)17)23-22(29)24-19(12-30-23)26(32-25(31-24)14(2)3)33-9-8-27(4,35)13-33/h6-7,10-12,14,34-35H,5,8-9,13H2,1-4H3. The number of hydrogen-bond acceptors (Lipinski definition) is 6. The first-order chi connectivity index (χ1) is 16.6. The fourth-order valence-electron chi connectivity index (χ4n) is 4.90. The number of nitrogens with zero attached hydrogens (tertiary/aromatic N) is 4. The molecule has 3 heterocycles. The number of hydrogen-bond donors (Lipinski definition) is 2. The zero-order valence-electron chi connectivity index (χ0n) is 20.2. The zero-order chi connectivity index (χ0) is 25.1. The number of β-amino-alcohol motifs (C(OH)–C–C–N with tert-alkyl or cyclic N) is 1. The highest BCUT2D eigenvalue weighted by Crippen LogP contribution is 2.39. The molecule has 2 aromatic carbocycles. The molecular weight excluding hydrogens is 450 g/mol. The summed E-state index contributed by atoms with van der Waals surface area (Å²) >= 11 is 0. The van der Waals surface area contributed by atoms with Crippen LogP contribution >= 0.6 is 0 Å². The maximum absolute atomic E-state index is 16.2. The Morgan fingerprint density at radius 3 is 2.60 bits per heavy atom. The van der Waals surface area contributed by atoms with Crippen LogP contribution in [0.1, 0.15) is 51.4 Å². The van der Waals surface area contributed by atoms with Gasteiger partial charge in [0.1, 0.15) is 34.4 Å². The number of aliphatic hydroxyl groups is 1. The molecule has 2 N–H and O–H groups in total. The van der Waals surface area contributed by atoms with E-state index in [2.05, 4.69) is 9.97 Å². The predicted molar refractivity (Wildman–Crippen MR) is 133 cm³/mol. The van der Waals surface area contributed by atoms with Gasteiger partial charge in [-0.15, -0.1) is 0 Å². The summed E-state index contributed by atoms with van der Waals surface area (Å²) in [5, 5.41) is 22.4. The average molecular weight is 479 g/mol. The molecule has 0 bridgehead atoms. The Balaban J connectivity index is 1.80. The van der Waals surface area contributed by atoms with Gasteiger partial charge in [-0.2, -0.15) is 0 Å². The molecule has 1 atom stereocenters. The van der Waals surface area contributed by atoms with Gasteiger partial charge < -0.3 is 15.1 Å². The summed E-state index contributed by atoms with van der Waals surface area (Å²) < 4.78 is 30.9. The summed E-state index contributed by atoms with van der Waals surface area (Å²) in [7, 11) is 0. The van der Waals surface area contributed by atoms with Crippen LogP contribution in [0.2, 0.25) is 0 Å². The lowest BCUT2D eigenvalue weighted by Gasteiger charge is -2.22. The van der Waals surface area contributed by atoms with Gasteiger partial charge in [-0.3, -0.25) is 4.98 Å². The maximum atomic E-state index is 16.2. The van der Waals surface area contributed by atoms with E-state index in [1.165, 1.54) is 24.4 Å². The van der Waals surface area contributed by atoms with Gasteiger partial charge in [0.05, 0.1) is 11.0 Å². The molecule has 1 fully saturated rings. The molecule has 1 unspecified atom stereocenters. The Morgan fingerprint density at radius 2 is 1.94 bits per heavy atom. The van der Waals surface area contributed by atoms with Crippen molar-refractivity contribution in [2.75, 3.05) is 18.0 Å². The van der Waals surface area contributed by atoms with Crippen LogP contribution in [0, 0.1) is 11.6 Å². The summed E-state index contributed by atoms with van der Waals surface area (Å²) in [6.07, 6.45) is 2.50. The van der Waals surface area contributed by atoms with Crippen molar-refractivity contribution in [3.8, 4) is 17.0 Å². The number of rotatable bonds is 4. The number of phenolic OH excluding ortho intramolecular Hbond substituents is 1. The fourth-order valence-corrected chi connectivity index (χ4v) is 4.90. The summed E-state index contributed by atoms with van der Waals surface area (Å²) in [4.78, 5) is 15.6. The van der Waals surface area contributed by atoms with Crippen LogP contribution in [0.25, 0.3) is 32.9 Å². The van der Waals surface area contributed by atoms with Gasteiger partial charge in [0.15, 0.2) is 5.82 Å². The van der Waals surface area contributed by atoms with Crippen LogP contribution in [0.15, 0.2) is 30.5 Å². The first-order valence-corrected chi connectivity index (χ1v) is 11.9. The van der Waals surface area contributed by atoms with E-state index in [-0.39, 0.29) is 28.7 Å². The zero-order valence-corrected chi connectivity index (χ0v) is 20.2. The minimum absolute atomic E-state index is 0.00789. The molecule has 1 saturated heterocycles. The van der Waals surface area contributed by atoms with Gasteiger partial charge in [0.25, 0.3) is 0 Å². The van der Waals surface area contributed by atoms with Crippen LogP contribution in [0.5, 0.6) is 5.75 Å². The Hall–Kier alpha value is -3.39. The molecule has 4 aromatic rings. The predicted octanol–water partition coefficient (Wildman–Crippen LogP) is 5.48. The number of aromatic nitrogens is 3. The molecule has 182 valence electrons. The van der Waals surface area contributed by atoms with Gasteiger partial charge in [-0.05, 0) is 54.3 Å². The van der Waals surface area contributed by atoms with Crippen LogP contribution in [0.3, 0.4) is 0 Å². The Kier molecular flexibility index (Phi) is 5.59. The number of aryl methyl sites for hydroxylation is 1. The molecule has 2 aromatic heterocycles. The smallest absolute Gasteiger partial charge is 0.175 e. The lowest BCUT2D eigenvalue weighted by Crippen LogP contribution is -2.30. The van der Waals surface area contributed by atoms with Crippen molar-refractivity contribution in [3.05, 3.63) is 53.5 Å². The summed E-state index contributed by atoms with van der Waals surface area (Å²) in [5.41, 5.74) is -0.00873. The second kappa shape index (κ2) is 8.37. The largest absolute Gasteiger partial charge is 0.508 e. The van der Waals surface area contributed by atoms with Crippen molar-refractivity contribution in [2.24, 2.45) is 0 Å².